The first-order chi connectivity index (χ1) is 8.54. The zero-order valence-electron chi connectivity index (χ0n) is 12.0. The van der Waals surface area contributed by atoms with Gasteiger partial charge in [-0.1, -0.05) is 0 Å². The Morgan fingerprint density at radius 1 is 1.16 bits per heavy atom. The Labute approximate surface area is 112 Å². The molecule has 7 heteroatoms. The fourth-order valence-electron chi connectivity index (χ4n) is 1.12. The van der Waals surface area contributed by atoms with E-state index in [1.807, 2.05) is 0 Å². The van der Waals surface area contributed by atoms with Crippen molar-refractivity contribution < 1.29 is 24.2 Å². The minimum atomic E-state index is -1.16. The van der Waals surface area contributed by atoms with E-state index in [9.17, 15) is 14.4 Å². The van der Waals surface area contributed by atoms with Crippen LogP contribution in [0.15, 0.2) is 0 Å². The first-order valence-electron chi connectivity index (χ1n) is 5.99. The van der Waals surface area contributed by atoms with Gasteiger partial charge < -0.3 is 20.5 Å². The molecule has 0 aromatic heterocycles. The average Bonchev–Trinajstić information content (AvgIpc) is 2.25. The van der Waals surface area contributed by atoms with E-state index in [1.165, 1.54) is 13.8 Å². The van der Waals surface area contributed by atoms with E-state index in [0.29, 0.717) is 0 Å². The summed E-state index contributed by atoms with van der Waals surface area (Å²) >= 11 is 0. The topological polar surface area (TPSA) is 105 Å². The van der Waals surface area contributed by atoms with Crippen LogP contribution in [-0.4, -0.2) is 41.8 Å². The summed E-state index contributed by atoms with van der Waals surface area (Å²) in [4.78, 5) is 33.8. The Hall–Kier alpha value is -1.79. The Kier molecular flexibility index (Phi) is 5.80. The van der Waals surface area contributed by atoms with Crippen molar-refractivity contribution in [1.29, 1.82) is 0 Å². The molecular formula is C12H22N2O5. The lowest BCUT2D eigenvalue weighted by atomic mass is 9.74. The van der Waals surface area contributed by atoms with Crippen LogP contribution >= 0.6 is 0 Å². The van der Waals surface area contributed by atoms with Gasteiger partial charge in [0, 0.05) is 0 Å². The van der Waals surface area contributed by atoms with Crippen molar-refractivity contribution >= 4 is 18.0 Å². The third-order valence-electron chi connectivity index (χ3n) is 3.22. The molecule has 0 saturated heterocycles. The average molecular weight is 274 g/mol. The molecule has 3 N–H and O–H groups in total. The molecule has 7 nitrogen and oxygen atoms in total. The lowest BCUT2D eigenvalue weighted by molar-refractivity contribution is -0.150. The third-order valence-corrected chi connectivity index (χ3v) is 3.22. The van der Waals surface area contributed by atoms with E-state index in [0.717, 1.165) is 0 Å². The molecule has 19 heavy (non-hydrogen) atoms. The van der Waals surface area contributed by atoms with Gasteiger partial charge in [-0.05, 0) is 34.6 Å². The standard InChI is InChI=1S/C12H22N2O5/c1-6-19-8(15)7-13-10(18)14-12(4,5)11(2,3)9(16)17/h6-7H2,1-5H3,(H,16,17)(H2,13,14,18). The summed E-state index contributed by atoms with van der Waals surface area (Å²) in [5, 5.41) is 14.0. The van der Waals surface area contributed by atoms with Crippen molar-refractivity contribution in [3.05, 3.63) is 0 Å². The number of ether oxygens (including phenoxy) is 1. The number of amides is 2. The molecule has 0 aromatic carbocycles. The van der Waals surface area contributed by atoms with Gasteiger partial charge in [0.25, 0.3) is 0 Å². The number of rotatable bonds is 6. The van der Waals surface area contributed by atoms with Gasteiger partial charge in [0.15, 0.2) is 0 Å². The molecule has 0 atom stereocenters. The first-order valence-corrected chi connectivity index (χ1v) is 5.99. The van der Waals surface area contributed by atoms with Gasteiger partial charge in [-0.15, -0.1) is 0 Å². The van der Waals surface area contributed by atoms with Gasteiger partial charge in [-0.3, -0.25) is 9.59 Å². The van der Waals surface area contributed by atoms with E-state index in [-0.39, 0.29) is 13.2 Å². The van der Waals surface area contributed by atoms with Gasteiger partial charge in [0.1, 0.15) is 6.54 Å². The summed E-state index contributed by atoms with van der Waals surface area (Å²) in [6, 6.07) is -0.618. The van der Waals surface area contributed by atoms with Crippen LogP contribution in [0.2, 0.25) is 0 Å². The number of aliphatic carboxylic acids is 1. The van der Waals surface area contributed by atoms with Crippen molar-refractivity contribution in [2.24, 2.45) is 5.41 Å². The van der Waals surface area contributed by atoms with E-state index >= 15 is 0 Å². The molecule has 0 aromatic rings. The van der Waals surface area contributed by atoms with Gasteiger partial charge in [-0.25, -0.2) is 4.79 Å². The van der Waals surface area contributed by atoms with E-state index < -0.39 is 28.9 Å². The van der Waals surface area contributed by atoms with Crippen molar-refractivity contribution in [1.82, 2.24) is 10.6 Å². The molecule has 110 valence electrons. The number of carbonyl (C=O) groups excluding carboxylic acids is 2. The maximum absolute atomic E-state index is 11.6. The van der Waals surface area contributed by atoms with Crippen LogP contribution in [0.4, 0.5) is 4.79 Å². The zero-order valence-corrected chi connectivity index (χ0v) is 12.0. The van der Waals surface area contributed by atoms with Gasteiger partial charge in [0.2, 0.25) is 0 Å². The lowest BCUT2D eigenvalue weighted by Crippen LogP contribution is -2.59. The van der Waals surface area contributed by atoms with Crippen LogP contribution in [-0.2, 0) is 14.3 Å². The number of carboxylic acid groups (broad SMARTS) is 1. The minimum Gasteiger partial charge on any atom is -0.481 e. The molecular weight excluding hydrogens is 252 g/mol. The Bertz CT molecular complexity index is 363. The molecule has 0 rings (SSSR count). The molecule has 0 unspecified atom stereocenters. The Morgan fingerprint density at radius 3 is 2.11 bits per heavy atom. The van der Waals surface area contributed by atoms with Gasteiger partial charge in [-0.2, -0.15) is 0 Å². The van der Waals surface area contributed by atoms with Crippen LogP contribution in [0.25, 0.3) is 0 Å². The maximum Gasteiger partial charge on any atom is 0.325 e. The molecule has 0 saturated carbocycles. The monoisotopic (exact) mass is 274 g/mol. The largest absolute Gasteiger partial charge is 0.481 e. The first kappa shape index (κ1) is 17.2. The molecule has 0 heterocycles. The SMILES string of the molecule is CCOC(=O)CNC(=O)NC(C)(C)C(C)(C)C(=O)O. The summed E-state index contributed by atoms with van der Waals surface area (Å²) in [7, 11) is 0. The fourth-order valence-corrected chi connectivity index (χ4v) is 1.12. The van der Waals surface area contributed by atoms with E-state index in [2.05, 4.69) is 15.4 Å². The number of urea groups is 1. The molecule has 0 fully saturated rings. The molecule has 0 radical (unpaired) electrons. The van der Waals surface area contributed by atoms with Gasteiger partial charge in [0.05, 0.1) is 17.6 Å². The second kappa shape index (κ2) is 6.40. The Morgan fingerprint density at radius 2 is 1.68 bits per heavy atom. The van der Waals surface area contributed by atoms with Crippen LogP contribution in [0, 0.1) is 5.41 Å². The second-order valence-electron chi connectivity index (χ2n) is 5.17. The van der Waals surface area contributed by atoms with Crippen molar-refractivity contribution in [3.8, 4) is 0 Å². The van der Waals surface area contributed by atoms with Crippen LogP contribution in [0.3, 0.4) is 0 Å². The minimum absolute atomic E-state index is 0.236. The molecule has 0 aliphatic rings. The highest BCUT2D eigenvalue weighted by atomic mass is 16.5. The zero-order chi connectivity index (χ0) is 15.3. The van der Waals surface area contributed by atoms with Gasteiger partial charge >= 0.3 is 18.0 Å². The highest BCUT2D eigenvalue weighted by Gasteiger charge is 2.44. The highest BCUT2D eigenvalue weighted by Crippen LogP contribution is 2.30. The second-order valence-corrected chi connectivity index (χ2v) is 5.17. The van der Waals surface area contributed by atoms with Crippen molar-refractivity contribution in [2.45, 2.75) is 40.2 Å². The van der Waals surface area contributed by atoms with E-state index in [1.54, 1.807) is 20.8 Å². The van der Waals surface area contributed by atoms with E-state index in [4.69, 9.17) is 5.11 Å². The Balaban J connectivity index is 4.47. The summed E-state index contributed by atoms with van der Waals surface area (Å²) < 4.78 is 4.65. The summed E-state index contributed by atoms with van der Waals surface area (Å²) in [6.07, 6.45) is 0. The van der Waals surface area contributed by atoms with Crippen LogP contribution in [0.1, 0.15) is 34.6 Å². The fraction of sp³-hybridized carbons (Fsp3) is 0.750. The predicted molar refractivity (Wildman–Crippen MR) is 68.7 cm³/mol. The highest BCUT2D eigenvalue weighted by molar-refractivity contribution is 5.82. The quantitative estimate of drug-likeness (QED) is 0.619. The number of hydrogen-bond acceptors (Lipinski definition) is 4. The molecule has 0 aliphatic heterocycles. The van der Waals surface area contributed by atoms with Crippen molar-refractivity contribution in [2.75, 3.05) is 13.2 Å². The number of nitrogens with one attached hydrogen (secondary N) is 2. The third kappa shape index (κ3) is 4.76. The number of hydrogen-bond donors (Lipinski definition) is 3. The summed E-state index contributed by atoms with van der Waals surface area (Å²) in [5.41, 5.74) is -2.15. The molecule has 0 bridgehead atoms. The predicted octanol–water partition coefficient (Wildman–Crippen LogP) is 0.738. The van der Waals surface area contributed by atoms with Crippen molar-refractivity contribution in [3.63, 3.8) is 0 Å². The number of carboxylic acids is 1. The maximum atomic E-state index is 11.6. The van der Waals surface area contributed by atoms with Crippen LogP contribution < -0.4 is 10.6 Å². The molecule has 0 aliphatic carbocycles. The summed E-state index contributed by atoms with van der Waals surface area (Å²) in [6.45, 7) is 7.87. The molecule has 2 amide bonds. The van der Waals surface area contributed by atoms with Crippen LogP contribution in [0.5, 0.6) is 0 Å². The normalized spacial score (nSPS) is 11.6. The smallest absolute Gasteiger partial charge is 0.325 e. The number of carbonyl (C=O) groups is 3. The lowest BCUT2D eigenvalue weighted by Gasteiger charge is -2.38. The summed E-state index contributed by atoms with van der Waals surface area (Å²) in [5.74, 6) is -1.57. The molecule has 0 spiro atoms. The number of esters is 1.